The zero-order valence-corrected chi connectivity index (χ0v) is 19.3. The molecule has 1 aliphatic heterocycles. The number of nitrogen functional groups attached to an aromatic ring is 1. The second kappa shape index (κ2) is 8.13. The number of piperidine rings is 1. The predicted molar refractivity (Wildman–Crippen MR) is 129 cm³/mol. The van der Waals surface area contributed by atoms with Gasteiger partial charge >= 0.3 is 0 Å². The van der Waals surface area contributed by atoms with Gasteiger partial charge in [-0.2, -0.15) is 4.98 Å². The summed E-state index contributed by atoms with van der Waals surface area (Å²) in [5, 5.41) is 0.589. The maximum Gasteiger partial charge on any atom is 0.268 e. The fraction of sp³-hybridized carbons (Fsp3) is 0.304. The molecule has 0 radical (unpaired) electrons. The standard InChI is InChI=1S/C23H23Cl2N7O/c24-14-5-1-3-13(17(14)25)16-18(21(28)33)30-22(31-20(16)27)32-9-6-23(7-10-32)11-15-12(19(23)26)4-2-8-29-15/h1-5,8,19H,6-7,9-11,26H2,(H2,28,33)(H2,27,30,31)/t19-/m1/s1. The molecule has 1 aromatic carbocycles. The largest absolute Gasteiger partial charge is 0.383 e. The van der Waals surface area contributed by atoms with Crippen molar-refractivity contribution in [2.75, 3.05) is 23.7 Å². The number of pyridine rings is 1. The number of benzene rings is 1. The lowest BCUT2D eigenvalue weighted by Gasteiger charge is -2.42. The molecule has 170 valence electrons. The summed E-state index contributed by atoms with van der Waals surface area (Å²) in [7, 11) is 0. The van der Waals surface area contributed by atoms with Crippen LogP contribution < -0.4 is 22.1 Å². The molecule has 1 spiro atoms. The quantitative estimate of drug-likeness (QED) is 0.518. The maximum absolute atomic E-state index is 12.3. The Bertz CT molecular complexity index is 1260. The second-order valence-corrected chi connectivity index (χ2v) is 9.43. The monoisotopic (exact) mass is 483 g/mol. The van der Waals surface area contributed by atoms with Crippen LogP contribution in [0.2, 0.25) is 10.0 Å². The summed E-state index contributed by atoms with van der Waals surface area (Å²) in [5.74, 6) is -0.239. The number of carbonyl (C=O) groups is 1. The number of fused-ring (bicyclic) bond motifs is 1. The van der Waals surface area contributed by atoms with Gasteiger partial charge in [0.25, 0.3) is 5.91 Å². The minimum Gasteiger partial charge on any atom is -0.383 e. The van der Waals surface area contributed by atoms with Crippen molar-refractivity contribution in [3.63, 3.8) is 0 Å². The van der Waals surface area contributed by atoms with Crippen LogP contribution in [0.5, 0.6) is 0 Å². The first-order valence-electron chi connectivity index (χ1n) is 10.7. The van der Waals surface area contributed by atoms with Crippen molar-refractivity contribution < 1.29 is 4.79 Å². The van der Waals surface area contributed by atoms with Gasteiger partial charge in [-0.1, -0.05) is 41.4 Å². The van der Waals surface area contributed by atoms with Crippen molar-refractivity contribution in [1.29, 1.82) is 0 Å². The van der Waals surface area contributed by atoms with Gasteiger partial charge in [-0.15, -0.1) is 0 Å². The SMILES string of the molecule is NC(=O)c1nc(N2CCC3(CC2)Cc2ncccc2[C@H]3N)nc(N)c1-c1cccc(Cl)c1Cl. The van der Waals surface area contributed by atoms with E-state index >= 15 is 0 Å². The van der Waals surface area contributed by atoms with Crippen LogP contribution in [0.25, 0.3) is 11.1 Å². The van der Waals surface area contributed by atoms with Gasteiger partial charge in [0.1, 0.15) is 11.5 Å². The molecular formula is C23H23Cl2N7O. The van der Waals surface area contributed by atoms with E-state index in [1.54, 1.807) is 18.2 Å². The lowest BCUT2D eigenvalue weighted by atomic mass is 9.73. The molecule has 0 saturated carbocycles. The average Bonchev–Trinajstić information content (AvgIpc) is 3.07. The predicted octanol–water partition coefficient (Wildman–Crippen LogP) is 3.37. The molecule has 1 saturated heterocycles. The van der Waals surface area contributed by atoms with Gasteiger partial charge in [-0.25, -0.2) is 4.98 Å². The van der Waals surface area contributed by atoms with Crippen molar-refractivity contribution >= 4 is 40.9 Å². The number of hydrogen-bond donors (Lipinski definition) is 3. The lowest BCUT2D eigenvalue weighted by Crippen LogP contribution is -2.45. The maximum atomic E-state index is 12.3. The highest BCUT2D eigenvalue weighted by molar-refractivity contribution is 6.44. The zero-order chi connectivity index (χ0) is 23.3. The van der Waals surface area contributed by atoms with E-state index in [0.29, 0.717) is 29.6 Å². The Morgan fingerprint density at radius 3 is 2.58 bits per heavy atom. The normalized spacial score (nSPS) is 19.0. The molecule has 3 aromatic rings. The Balaban J connectivity index is 1.45. The van der Waals surface area contributed by atoms with E-state index in [9.17, 15) is 4.79 Å². The van der Waals surface area contributed by atoms with Crippen LogP contribution in [0.4, 0.5) is 11.8 Å². The first-order valence-corrected chi connectivity index (χ1v) is 11.4. The minimum absolute atomic E-state index is 0.0103. The number of rotatable bonds is 3. The van der Waals surface area contributed by atoms with Crippen LogP contribution in [-0.4, -0.2) is 33.9 Å². The third-order valence-electron chi connectivity index (χ3n) is 6.86. The summed E-state index contributed by atoms with van der Waals surface area (Å²) < 4.78 is 0. The van der Waals surface area contributed by atoms with Crippen LogP contribution in [0.15, 0.2) is 36.5 Å². The van der Waals surface area contributed by atoms with E-state index in [-0.39, 0.29) is 33.6 Å². The number of nitrogens with two attached hydrogens (primary N) is 3. The summed E-state index contributed by atoms with van der Waals surface area (Å²) in [5.41, 5.74) is 21.5. The third-order valence-corrected chi connectivity index (χ3v) is 7.68. The van der Waals surface area contributed by atoms with Crippen molar-refractivity contribution in [3.8, 4) is 11.1 Å². The molecule has 33 heavy (non-hydrogen) atoms. The fourth-order valence-electron chi connectivity index (χ4n) is 5.04. The molecule has 6 N–H and O–H groups in total. The first-order chi connectivity index (χ1) is 15.8. The van der Waals surface area contributed by atoms with Gasteiger partial charge in [-0.05, 0) is 42.4 Å². The summed E-state index contributed by atoms with van der Waals surface area (Å²) in [6.07, 6.45) is 4.37. The molecule has 0 unspecified atom stereocenters. The summed E-state index contributed by atoms with van der Waals surface area (Å²) in [6, 6.07) is 9.01. The van der Waals surface area contributed by atoms with Crippen LogP contribution in [0.3, 0.4) is 0 Å². The van der Waals surface area contributed by atoms with Gasteiger partial charge < -0.3 is 22.1 Å². The highest BCUT2D eigenvalue weighted by Crippen LogP contribution is 2.50. The van der Waals surface area contributed by atoms with E-state index in [2.05, 4.69) is 21.0 Å². The van der Waals surface area contributed by atoms with Crippen molar-refractivity contribution in [2.24, 2.45) is 16.9 Å². The zero-order valence-electron chi connectivity index (χ0n) is 17.8. The Kier molecular flexibility index (Phi) is 5.39. The third kappa shape index (κ3) is 3.58. The Hall–Kier alpha value is -2.94. The number of nitrogens with zero attached hydrogens (tertiary/aromatic N) is 4. The van der Waals surface area contributed by atoms with Crippen molar-refractivity contribution in [1.82, 2.24) is 15.0 Å². The molecule has 1 atom stereocenters. The molecular weight excluding hydrogens is 461 g/mol. The Labute approximate surface area is 201 Å². The topological polar surface area (TPSA) is 137 Å². The molecule has 1 aliphatic carbocycles. The fourth-order valence-corrected chi connectivity index (χ4v) is 5.44. The van der Waals surface area contributed by atoms with Gasteiger partial charge in [0.2, 0.25) is 5.95 Å². The lowest BCUT2D eigenvalue weighted by molar-refractivity contribution is 0.0996. The van der Waals surface area contributed by atoms with E-state index in [4.69, 9.17) is 40.4 Å². The number of hydrogen-bond acceptors (Lipinski definition) is 7. The molecule has 2 aromatic heterocycles. The molecule has 10 heteroatoms. The van der Waals surface area contributed by atoms with Crippen LogP contribution in [0.1, 0.15) is 40.6 Å². The smallest absolute Gasteiger partial charge is 0.268 e. The number of halogens is 2. The summed E-state index contributed by atoms with van der Waals surface area (Å²) in [4.78, 5) is 27.8. The molecule has 3 heterocycles. The molecule has 0 bridgehead atoms. The Morgan fingerprint density at radius 2 is 1.88 bits per heavy atom. The van der Waals surface area contributed by atoms with Gasteiger partial charge in [0, 0.05) is 36.6 Å². The first kappa shape index (κ1) is 21.9. The van der Waals surface area contributed by atoms with E-state index in [1.807, 2.05) is 17.2 Å². The molecule has 8 nitrogen and oxygen atoms in total. The number of aromatic nitrogens is 3. The second-order valence-electron chi connectivity index (χ2n) is 8.64. The number of amides is 1. The molecule has 1 amide bonds. The van der Waals surface area contributed by atoms with Gasteiger partial charge in [0.05, 0.1) is 15.6 Å². The number of primary amides is 1. The minimum atomic E-state index is -0.718. The summed E-state index contributed by atoms with van der Waals surface area (Å²) >= 11 is 12.5. The molecule has 1 fully saturated rings. The van der Waals surface area contributed by atoms with E-state index in [0.717, 1.165) is 30.5 Å². The summed E-state index contributed by atoms with van der Waals surface area (Å²) in [6.45, 7) is 1.35. The van der Waals surface area contributed by atoms with Crippen LogP contribution >= 0.6 is 23.2 Å². The van der Waals surface area contributed by atoms with Crippen molar-refractivity contribution in [3.05, 3.63) is 63.5 Å². The average molecular weight is 484 g/mol. The van der Waals surface area contributed by atoms with Gasteiger partial charge in [-0.3, -0.25) is 9.78 Å². The van der Waals surface area contributed by atoms with Crippen LogP contribution in [0, 0.1) is 5.41 Å². The van der Waals surface area contributed by atoms with Gasteiger partial charge in [0.15, 0.2) is 0 Å². The molecule has 5 rings (SSSR count). The Morgan fingerprint density at radius 1 is 1.12 bits per heavy atom. The van der Waals surface area contributed by atoms with Crippen LogP contribution in [-0.2, 0) is 6.42 Å². The molecule has 2 aliphatic rings. The van der Waals surface area contributed by atoms with E-state index in [1.165, 1.54) is 0 Å². The highest BCUT2D eigenvalue weighted by atomic mass is 35.5. The van der Waals surface area contributed by atoms with E-state index < -0.39 is 5.91 Å². The number of carbonyl (C=O) groups excluding carboxylic acids is 1. The van der Waals surface area contributed by atoms with Crippen molar-refractivity contribution in [2.45, 2.75) is 25.3 Å². The number of anilines is 2. The highest BCUT2D eigenvalue weighted by Gasteiger charge is 2.46.